The standard InChI is InChI=1S/C13H28N2O/c1-5-12-8-7-11(3)15(12)13(6-2,9-14)10-16-4/h11-12H,5-10,14H2,1-4H3. The Morgan fingerprint density at radius 2 is 2.06 bits per heavy atom. The smallest absolute Gasteiger partial charge is 0.0659 e. The van der Waals surface area contributed by atoms with E-state index in [-0.39, 0.29) is 5.54 Å². The molecule has 0 aliphatic carbocycles. The fraction of sp³-hybridized carbons (Fsp3) is 1.00. The van der Waals surface area contributed by atoms with Crippen LogP contribution in [0.5, 0.6) is 0 Å². The topological polar surface area (TPSA) is 38.5 Å². The summed E-state index contributed by atoms with van der Waals surface area (Å²) in [7, 11) is 1.78. The summed E-state index contributed by atoms with van der Waals surface area (Å²) in [5.41, 5.74) is 6.09. The van der Waals surface area contributed by atoms with Crippen LogP contribution in [0.3, 0.4) is 0 Å². The third kappa shape index (κ3) is 2.41. The van der Waals surface area contributed by atoms with Gasteiger partial charge in [0.1, 0.15) is 0 Å². The van der Waals surface area contributed by atoms with E-state index in [9.17, 15) is 0 Å². The predicted molar refractivity (Wildman–Crippen MR) is 68.6 cm³/mol. The summed E-state index contributed by atoms with van der Waals surface area (Å²) in [4.78, 5) is 2.64. The van der Waals surface area contributed by atoms with E-state index >= 15 is 0 Å². The Labute approximate surface area is 100 Å². The highest BCUT2D eigenvalue weighted by molar-refractivity contribution is 4.99. The summed E-state index contributed by atoms with van der Waals surface area (Å²) < 4.78 is 5.42. The van der Waals surface area contributed by atoms with Gasteiger partial charge in [0, 0.05) is 25.7 Å². The molecule has 3 nitrogen and oxygen atoms in total. The average Bonchev–Trinajstić information content (AvgIpc) is 2.68. The summed E-state index contributed by atoms with van der Waals surface area (Å²) in [6.45, 7) is 8.27. The molecule has 1 aliphatic heterocycles. The van der Waals surface area contributed by atoms with E-state index in [1.807, 2.05) is 0 Å². The maximum Gasteiger partial charge on any atom is 0.0659 e. The number of hydrogen-bond acceptors (Lipinski definition) is 3. The molecule has 16 heavy (non-hydrogen) atoms. The molecular formula is C13H28N2O. The molecule has 1 heterocycles. The highest BCUT2D eigenvalue weighted by Gasteiger charge is 2.43. The lowest BCUT2D eigenvalue weighted by Gasteiger charge is -2.46. The van der Waals surface area contributed by atoms with Gasteiger partial charge in [0.2, 0.25) is 0 Å². The van der Waals surface area contributed by atoms with Crippen LogP contribution in [0.1, 0.15) is 46.5 Å². The molecule has 0 aromatic carbocycles. The minimum atomic E-state index is 0.0470. The summed E-state index contributed by atoms with van der Waals surface area (Å²) >= 11 is 0. The Kier molecular flexibility index (Phi) is 5.22. The Morgan fingerprint density at radius 1 is 1.38 bits per heavy atom. The molecule has 1 aliphatic rings. The van der Waals surface area contributed by atoms with Gasteiger partial charge in [-0.15, -0.1) is 0 Å². The van der Waals surface area contributed by atoms with Crippen LogP contribution >= 0.6 is 0 Å². The first-order chi connectivity index (χ1) is 7.65. The fourth-order valence-corrected chi connectivity index (χ4v) is 3.26. The summed E-state index contributed by atoms with van der Waals surface area (Å²) in [6, 6.07) is 1.33. The number of nitrogens with zero attached hydrogens (tertiary/aromatic N) is 1. The molecule has 3 atom stereocenters. The van der Waals surface area contributed by atoms with E-state index in [2.05, 4.69) is 25.7 Å². The lowest BCUT2D eigenvalue weighted by Crippen LogP contribution is -2.60. The van der Waals surface area contributed by atoms with Gasteiger partial charge in [0.25, 0.3) is 0 Å². The average molecular weight is 228 g/mol. The maximum absolute atomic E-state index is 6.04. The highest BCUT2D eigenvalue weighted by Crippen LogP contribution is 2.35. The first-order valence-electron chi connectivity index (χ1n) is 6.62. The molecule has 0 bridgehead atoms. The molecule has 2 N–H and O–H groups in total. The van der Waals surface area contributed by atoms with Crippen molar-refractivity contribution in [3.8, 4) is 0 Å². The Balaban J connectivity index is 2.90. The molecule has 3 unspecified atom stereocenters. The molecule has 3 heteroatoms. The second-order valence-electron chi connectivity index (χ2n) is 5.11. The first-order valence-corrected chi connectivity index (χ1v) is 6.62. The molecule has 1 fully saturated rings. The predicted octanol–water partition coefficient (Wildman–Crippen LogP) is 2.00. The van der Waals surface area contributed by atoms with Gasteiger partial charge >= 0.3 is 0 Å². The van der Waals surface area contributed by atoms with Crippen molar-refractivity contribution in [1.29, 1.82) is 0 Å². The minimum Gasteiger partial charge on any atom is -0.383 e. The van der Waals surface area contributed by atoms with Crippen LogP contribution in [0.15, 0.2) is 0 Å². The molecule has 96 valence electrons. The van der Waals surface area contributed by atoms with Gasteiger partial charge in [-0.3, -0.25) is 4.90 Å². The van der Waals surface area contributed by atoms with Crippen molar-refractivity contribution in [3.63, 3.8) is 0 Å². The van der Waals surface area contributed by atoms with Crippen LogP contribution in [-0.4, -0.2) is 42.8 Å². The highest BCUT2D eigenvalue weighted by atomic mass is 16.5. The van der Waals surface area contributed by atoms with Crippen molar-refractivity contribution >= 4 is 0 Å². The van der Waals surface area contributed by atoms with Gasteiger partial charge in [-0.2, -0.15) is 0 Å². The van der Waals surface area contributed by atoms with Crippen molar-refractivity contribution in [1.82, 2.24) is 4.90 Å². The van der Waals surface area contributed by atoms with Crippen molar-refractivity contribution < 1.29 is 4.74 Å². The zero-order chi connectivity index (χ0) is 12.2. The Morgan fingerprint density at radius 3 is 2.50 bits per heavy atom. The Hall–Kier alpha value is -0.120. The van der Waals surface area contributed by atoms with Crippen LogP contribution in [0.4, 0.5) is 0 Å². The minimum absolute atomic E-state index is 0.0470. The molecule has 1 saturated heterocycles. The molecule has 1 rings (SSSR count). The third-order valence-corrected chi connectivity index (χ3v) is 4.26. The first kappa shape index (κ1) is 13.9. The van der Waals surface area contributed by atoms with Gasteiger partial charge in [-0.25, -0.2) is 0 Å². The largest absolute Gasteiger partial charge is 0.383 e. The summed E-state index contributed by atoms with van der Waals surface area (Å²) in [5.74, 6) is 0. The summed E-state index contributed by atoms with van der Waals surface area (Å²) in [6.07, 6.45) is 4.89. The van der Waals surface area contributed by atoms with Crippen LogP contribution < -0.4 is 5.73 Å². The second kappa shape index (κ2) is 5.99. The maximum atomic E-state index is 6.04. The zero-order valence-electron chi connectivity index (χ0n) is 11.3. The van der Waals surface area contributed by atoms with Crippen molar-refractivity contribution in [3.05, 3.63) is 0 Å². The normalized spacial score (nSPS) is 30.6. The van der Waals surface area contributed by atoms with E-state index in [4.69, 9.17) is 10.5 Å². The van der Waals surface area contributed by atoms with Crippen molar-refractivity contribution in [2.45, 2.75) is 64.1 Å². The van der Waals surface area contributed by atoms with Gasteiger partial charge in [0.05, 0.1) is 12.1 Å². The van der Waals surface area contributed by atoms with Crippen LogP contribution in [0, 0.1) is 0 Å². The molecule has 0 aromatic heterocycles. The van der Waals surface area contributed by atoms with Gasteiger partial charge in [0.15, 0.2) is 0 Å². The van der Waals surface area contributed by atoms with Crippen LogP contribution in [0.25, 0.3) is 0 Å². The Bertz CT molecular complexity index is 204. The lowest BCUT2D eigenvalue weighted by atomic mass is 9.92. The zero-order valence-corrected chi connectivity index (χ0v) is 11.3. The molecule has 0 radical (unpaired) electrons. The lowest BCUT2D eigenvalue weighted by molar-refractivity contribution is -0.0167. The quantitative estimate of drug-likeness (QED) is 0.756. The number of nitrogens with two attached hydrogens (primary N) is 1. The van der Waals surface area contributed by atoms with Crippen LogP contribution in [-0.2, 0) is 4.74 Å². The third-order valence-electron chi connectivity index (χ3n) is 4.26. The summed E-state index contributed by atoms with van der Waals surface area (Å²) in [5, 5.41) is 0. The number of ether oxygens (including phenoxy) is 1. The van der Waals surface area contributed by atoms with Gasteiger partial charge in [-0.05, 0) is 32.6 Å². The van der Waals surface area contributed by atoms with E-state index in [1.165, 1.54) is 19.3 Å². The molecule has 0 amide bonds. The van der Waals surface area contributed by atoms with Crippen molar-refractivity contribution in [2.24, 2.45) is 5.73 Å². The number of rotatable bonds is 6. The van der Waals surface area contributed by atoms with Crippen LogP contribution in [0.2, 0.25) is 0 Å². The SMILES string of the molecule is CCC1CCC(C)N1C(CC)(CN)COC. The number of hydrogen-bond donors (Lipinski definition) is 1. The second-order valence-corrected chi connectivity index (χ2v) is 5.11. The van der Waals surface area contributed by atoms with E-state index < -0.39 is 0 Å². The van der Waals surface area contributed by atoms with Crippen molar-refractivity contribution in [2.75, 3.05) is 20.3 Å². The number of likely N-dealkylation sites (tertiary alicyclic amines) is 1. The van der Waals surface area contributed by atoms with E-state index in [0.29, 0.717) is 18.6 Å². The number of methoxy groups -OCH3 is 1. The monoisotopic (exact) mass is 228 g/mol. The molecule has 0 aromatic rings. The van der Waals surface area contributed by atoms with Gasteiger partial charge in [-0.1, -0.05) is 13.8 Å². The van der Waals surface area contributed by atoms with Gasteiger partial charge < -0.3 is 10.5 Å². The fourth-order valence-electron chi connectivity index (χ4n) is 3.26. The molecule has 0 saturated carbocycles. The van der Waals surface area contributed by atoms with E-state index in [0.717, 1.165) is 13.0 Å². The molecular weight excluding hydrogens is 200 g/mol. The molecule has 0 spiro atoms. The van der Waals surface area contributed by atoms with E-state index in [1.54, 1.807) is 7.11 Å².